The van der Waals surface area contributed by atoms with Crippen LogP contribution in [0.5, 0.6) is 0 Å². The van der Waals surface area contributed by atoms with Gasteiger partial charge in [-0.2, -0.15) is 0 Å². The third-order valence-corrected chi connectivity index (χ3v) is 3.43. The number of hydrogen-bond donors (Lipinski definition) is 1. The summed E-state index contributed by atoms with van der Waals surface area (Å²) >= 11 is 1.42. The third-order valence-electron chi connectivity index (χ3n) is 2.70. The molecule has 1 aromatic carbocycles. The minimum atomic E-state index is -0.264. The first-order valence-corrected chi connectivity index (χ1v) is 6.24. The molecule has 1 N–H and O–H groups in total. The molecule has 2 aromatic rings. The SMILES string of the molecule is O=C1c2ccccc2C(=O)N1CNc1nccs1. The lowest BCUT2D eigenvalue weighted by atomic mass is 10.1. The molecule has 1 aliphatic rings. The van der Waals surface area contributed by atoms with Crippen LogP contribution in [0.4, 0.5) is 5.13 Å². The maximum Gasteiger partial charge on any atom is 0.263 e. The van der Waals surface area contributed by atoms with Crippen molar-refractivity contribution in [1.82, 2.24) is 9.88 Å². The number of rotatable bonds is 3. The number of aromatic nitrogens is 1. The van der Waals surface area contributed by atoms with Crippen LogP contribution in [0, 0.1) is 0 Å². The van der Waals surface area contributed by atoms with Crippen molar-refractivity contribution in [2.45, 2.75) is 0 Å². The Morgan fingerprint density at radius 3 is 2.39 bits per heavy atom. The standard InChI is InChI=1S/C12H9N3O2S/c16-10-8-3-1-2-4-9(8)11(17)15(10)7-14-12-13-5-6-18-12/h1-6H,7H2,(H,13,14). The van der Waals surface area contributed by atoms with Gasteiger partial charge in [0.15, 0.2) is 5.13 Å². The second kappa shape index (κ2) is 4.23. The molecule has 5 nitrogen and oxygen atoms in total. The number of amides is 2. The van der Waals surface area contributed by atoms with Crippen LogP contribution in [0.25, 0.3) is 0 Å². The first-order chi connectivity index (χ1) is 8.77. The van der Waals surface area contributed by atoms with E-state index in [4.69, 9.17) is 0 Å². The minimum absolute atomic E-state index is 0.139. The Balaban J connectivity index is 1.80. The summed E-state index contributed by atoms with van der Waals surface area (Å²) in [6.07, 6.45) is 1.66. The van der Waals surface area contributed by atoms with Crippen LogP contribution in [0.2, 0.25) is 0 Å². The fourth-order valence-electron chi connectivity index (χ4n) is 1.84. The van der Waals surface area contributed by atoms with Crippen LogP contribution in [0.3, 0.4) is 0 Å². The number of fused-ring (bicyclic) bond motifs is 1. The molecule has 2 heterocycles. The van der Waals surface area contributed by atoms with Crippen molar-refractivity contribution < 1.29 is 9.59 Å². The number of carbonyl (C=O) groups excluding carboxylic acids is 2. The quantitative estimate of drug-likeness (QED) is 0.854. The van der Waals surface area contributed by atoms with Gasteiger partial charge in [-0.25, -0.2) is 4.98 Å². The maximum absolute atomic E-state index is 12.0. The predicted molar refractivity (Wildman–Crippen MR) is 67.5 cm³/mol. The number of benzene rings is 1. The Kier molecular flexibility index (Phi) is 2.56. The molecule has 0 radical (unpaired) electrons. The normalized spacial score (nSPS) is 13.9. The van der Waals surface area contributed by atoms with Crippen LogP contribution in [-0.4, -0.2) is 28.4 Å². The fourth-order valence-corrected chi connectivity index (χ4v) is 2.36. The summed E-state index contributed by atoms with van der Waals surface area (Å²) in [5.74, 6) is -0.528. The predicted octanol–water partition coefficient (Wildman–Crippen LogP) is 1.81. The highest BCUT2D eigenvalue weighted by molar-refractivity contribution is 7.13. The average Bonchev–Trinajstić information content (AvgIpc) is 2.98. The highest BCUT2D eigenvalue weighted by atomic mass is 32.1. The van der Waals surface area contributed by atoms with E-state index in [2.05, 4.69) is 10.3 Å². The molecule has 0 aliphatic carbocycles. The van der Waals surface area contributed by atoms with Crippen LogP contribution >= 0.6 is 11.3 Å². The molecule has 0 unspecified atom stereocenters. The van der Waals surface area contributed by atoms with E-state index in [1.54, 1.807) is 30.5 Å². The topological polar surface area (TPSA) is 62.3 Å². The molecule has 2 amide bonds. The molecule has 1 aromatic heterocycles. The molecule has 0 fully saturated rings. The summed E-state index contributed by atoms with van der Waals surface area (Å²) < 4.78 is 0. The van der Waals surface area contributed by atoms with Gasteiger partial charge in [0.2, 0.25) is 0 Å². The van der Waals surface area contributed by atoms with Crippen molar-refractivity contribution in [3.05, 3.63) is 47.0 Å². The number of imide groups is 1. The maximum atomic E-state index is 12.0. The molecule has 6 heteroatoms. The molecule has 0 spiro atoms. The van der Waals surface area contributed by atoms with E-state index >= 15 is 0 Å². The molecular weight excluding hydrogens is 250 g/mol. The Labute approximate surface area is 107 Å². The van der Waals surface area contributed by atoms with E-state index in [0.717, 1.165) is 0 Å². The zero-order chi connectivity index (χ0) is 12.5. The van der Waals surface area contributed by atoms with Gasteiger partial charge in [-0.15, -0.1) is 11.3 Å². The molecule has 1 aliphatic heterocycles. The van der Waals surface area contributed by atoms with Crippen LogP contribution in [-0.2, 0) is 0 Å². The Morgan fingerprint density at radius 2 is 1.83 bits per heavy atom. The first kappa shape index (κ1) is 10.9. The van der Waals surface area contributed by atoms with Gasteiger partial charge in [0.05, 0.1) is 11.1 Å². The van der Waals surface area contributed by atoms with Crippen molar-refractivity contribution in [3.63, 3.8) is 0 Å². The first-order valence-electron chi connectivity index (χ1n) is 5.36. The highest BCUT2D eigenvalue weighted by Gasteiger charge is 2.34. The second-order valence-electron chi connectivity index (χ2n) is 3.76. The van der Waals surface area contributed by atoms with E-state index < -0.39 is 0 Å². The molecule has 0 atom stereocenters. The van der Waals surface area contributed by atoms with Gasteiger partial charge in [-0.05, 0) is 12.1 Å². The zero-order valence-corrected chi connectivity index (χ0v) is 10.1. The minimum Gasteiger partial charge on any atom is -0.343 e. The summed E-state index contributed by atoms with van der Waals surface area (Å²) in [5, 5.41) is 5.46. The van der Waals surface area contributed by atoms with Crippen LogP contribution in [0.15, 0.2) is 35.8 Å². The van der Waals surface area contributed by atoms with E-state index in [1.807, 2.05) is 5.38 Å². The van der Waals surface area contributed by atoms with Crippen molar-refractivity contribution in [1.29, 1.82) is 0 Å². The van der Waals surface area contributed by atoms with Gasteiger partial charge < -0.3 is 5.32 Å². The number of hydrogen-bond acceptors (Lipinski definition) is 5. The number of nitrogens with one attached hydrogen (secondary N) is 1. The lowest BCUT2D eigenvalue weighted by molar-refractivity contribution is 0.0666. The lowest BCUT2D eigenvalue weighted by Crippen LogP contribution is -2.34. The monoisotopic (exact) mass is 259 g/mol. The number of anilines is 1. The summed E-state index contributed by atoms with van der Waals surface area (Å²) in [4.78, 5) is 29.3. The summed E-state index contributed by atoms with van der Waals surface area (Å²) in [5.41, 5.74) is 0.923. The summed E-state index contributed by atoms with van der Waals surface area (Å²) in [6.45, 7) is 0.139. The van der Waals surface area contributed by atoms with Gasteiger partial charge in [0.1, 0.15) is 6.67 Å². The van der Waals surface area contributed by atoms with Gasteiger partial charge in [-0.3, -0.25) is 14.5 Å². The van der Waals surface area contributed by atoms with Crippen molar-refractivity contribution >= 4 is 28.3 Å². The smallest absolute Gasteiger partial charge is 0.263 e. The van der Waals surface area contributed by atoms with Crippen molar-refractivity contribution in [3.8, 4) is 0 Å². The number of carbonyl (C=O) groups is 2. The zero-order valence-electron chi connectivity index (χ0n) is 9.29. The number of nitrogens with zero attached hydrogens (tertiary/aromatic N) is 2. The molecule has 0 bridgehead atoms. The molecule has 90 valence electrons. The van der Waals surface area contributed by atoms with Crippen molar-refractivity contribution in [2.75, 3.05) is 12.0 Å². The van der Waals surface area contributed by atoms with E-state index in [1.165, 1.54) is 16.2 Å². The molecule has 3 rings (SSSR count). The van der Waals surface area contributed by atoms with Gasteiger partial charge >= 0.3 is 0 Å². The fraction of sp³-hybridized carbons (Fsp3) is 0.0833. The van der Waals surface area contributed by atoms with Gasteiger partial charge in [-0.1, -0.05) is 12.1 Å². The van der Waals surface area contributed by atoms with E-state index in [9.17, 15) is 9.59 Å². The largest absolute Gasteiger partial charge is 0.343 e. The number of thiazole rings is 1. The Bertz CT molecular complexity index is 575. The van der Waals surface area contributed by atoms with E-state index in [0.29, 0.717) is 16.3 Å². The van der Waals surface area contributed by atoms with E-state index in [-0.39, 0.29) is 18.5 Å². The van der Waals surface area contributed by atoms with Crippen LogP contribution < -0.4 is 5.32 Å². The average molecular weight is 259 g/mol. The summed E-state index contributed by atoms with van der Waals surface area (Å²) in [7, 11) is 0. The highest BCUT2D eigenvalue weighted by Crippen LogP contribution is 2.22. The lowest BCUT2D eigenvalue weighted by Gasteiger charge is -2.13. The molecule has 0 saturated heterocycles. The second-order valence-corrected chi connectivity index (χ2v) is 4.65. The van der Waals surface area contributed by atoms with Gasteiger partial charge in [0.25, 0.3) is 11.8 Å². The Hall–Kier alpha value is -2.21. The molecular formula is C12H9N3O2S. The van der Waals surface area contributed by atoms with Gasteiger partial charge in [0, 0.05) is 11.6 Å². The molecule has 18 heavy (non-hydrogen) atoms. The molecule has 0 saturated carbocycles. The summed E-state index contributed by atoms with van der Waals surface area (Å²) in [6, 6.07) is 6.83. The van der Waals surface area contributed by atoms with Crippen LogP contribution in [0.1, 0.15) is 20.7 Å². The Morgan fingerprint density at radius 1 is 1.17 bits per heavy atom. The third kappa shape index (κ3) is 1.67. The van der Waals surface area contributed by atoms with Crippen molar-refractivity contribution in [2.24, 2.45) is 0 Å².